The number of nitrogens with two attached hydrogens (primary N) is 1. The number of primary sulfonamides is 1. The van der Waals surface area contributed by atoms with Gasteiger partial charge in [0.2, 0.25) is 10.0 Å². The summed E-state index contributed by atoms with van der Waals surface area (Å²) in [7, 11) is -3.82. The largest absolute Gasteiger partial charge is 0.489 e. The molecule has 8 nitrogen and oxygen atoms in total. The van der Waals surface area contributed by atoms with E-state index in [1.807, 2.05) is 18.2 Å². The standard InChI is InChI=1S/C22H20N2O6S/c23-31(27,28)19-12-10-17(11-13-19)24-21(25)15-30-22(26)20-9-5-4-6-16(20)14-29-18-7-2-1-3-8-18/h1-13H,14-15H2,(H,24,25)(H2,23,27,28). The summed E-state index contributed by atoms with van der Waals surface area (Å²) >= 11 is 0. The second-order valence-electron chi connectivity index (χ2n) is 6.45. The minimum atomic E-state index is -3.82. The van der Waals surface area contributed by atoms with Crippen molar-refractivity contribution in [1.82, 2.24) is 0 Å². The van der Waals surface area contributed by atoms with Crippen LogP contribution in [0.25, 0.3) is 0 Å². The average molecular weight is 440 g/mol. The number of ether oxygens (including phenoxy) is 2. The van der Waals surface area contributed by atoms with Crippen molar-refractivity contribution < 1.29 is 27.5 Å². The Labute approximate surface area is 179 Å². The van der Waals surface area contributed by atoms with Crippen molar-refractivity contribution in [3.05, 3.63) is 90.0 Å². The summed E-state index contributed by atoms with van der Waals surface area (Å²) in [5.74, 6) is -0.569. The van der Waals surface area contributed by atoms with Gasteiger partial charge < -0.3 is 14.8 Å². The van der Waals surface area contributed by atoms with Gasteiger partial charge in [-0.2, -0.15) is 0 Å². The fourth-order valence-corrected chi connectivity index (χ4v) is 3.17. The van der Waals surface area contributed by atoms with E-state index >= 15 is 0 Å². The number of hydrogen-bond donors (Lipinski definition) is 2. The van der Waals surface area contributed by atoms with E-state index in [1.54, 1.807) is 36.4 Å². The number of para-hydroxylation sites is 1. The van der Waals surface area contributed by atoms with Crippen LogP contribution in [0, 0.1) is 0 Å². The van der Waals surface area contributed by atoms with Crippen LogP contribution >= 0.6 is 0 Å². The zero-order valence-electron chi connectivity index (χ0n) is 16.4. The highest BCUT2D eigenvalue weighted by atomic mass is 32.2. The molecule has 0 bridgehead atoms. The molecule has 160 valence electrons. The Morgan fingerprint density at radius 1 is 0.871 bits per heavy atom. The second kappa shape index (κ2) is 9.88. The number of anilines is 1. The quantitative estimate of drug-likeness (QED) is 0.519. The van der Waals surface area contributed by atoms with Crippen LogP contribution in [0.2, 0.25) is 0 Å². The molecule has 3 rings (SSSR count). The van der Waals surface area contributed by atoms with Crippen LogP contribution in [-0.4, -0.2) is 26.9 Å². The molecule has 3 aromatic rings. The normalized spacial score (nSPS) is 10.9. The summed E-state index contributed by atoms with van der Waals surface area (Å²) in [6.45, 7) is -0.346. The Bertz CT molecular complexity index is 1160. The molecule has 0 saturated heterocycles. The maximum Gasteiger partial charge on any atom is 0.339 e. The molecule has 0 fully saturated rings. The average Bonchev–Trinajstić information content (AvgIpc) is 2.77. The van der Waals surface area contributed by atoms with Crippen LogP contribution in [0.3, 0.4) is 0 Å². The lowest BCUT2D eigenvalue weighted by Crippen LogP contribution is -2.21. The molecule has 0 unspecified atom stereocenters. The summed E-state index contributed by atoms with van der Waals surface area (Å²) < 4.78 is 33.3. The Morgan fingerprint density at radius 3 is 2.19 bits per heavy atom. The van der Waals surface area contributed by atoms with E-state index in [2.05, 4.69) is 5.32 Å². The number of benzene rings is 3. The third kappa shape index (κ3) is 6.39. The topological polar surface area (TPSA) is 125 Å². The molecule has 0 aliphatic carbocycles. The number of nitrogens with one attached hydrogen (secondary N) is 1. The first-order valence-corrected chi connectivity index (χ1v) is 10.7. The van der Waals surface area contributed by atoms with Crippen LogP contribution in [0.15, 0.2) is 83.8 Å². The third-order valence-electron chi connectivity index (χ3n) is 4.18. The van der Waals surface area contributed by atoms with Crippen molar-refractivity contribution in [2.24, 2.45) is 5.14 Å². The van der Waals surface area contributed by atoms with Gasteiger partial charge >= 0.3 is 5.97 Å². The molecule has 0 heterocycles. The molecule has 3 aromatic carbocycles. The lowest BCUT2D eigenvalue weighted by Gasteiger charge is -2.11. The predicted octanol–water partition coefficient (Wildman–Crippen LogP) is 2.71. The van der Waals surface area contributed by atoms with Gasteiger partial charge in [0, 0.05) is 11.3 Å². The van der Waals surface area contributed by atoms with Crippen LogP contribution in [0.1, 0.15) is 15.9 Å². The minimum absolute atomic E-state index is 0.0775. The summed E-state index contributed by atoms with van der Waals surface area (Å²) in [4.78, 5) is 24.4. The number of carbonyl (C=O) groups is 2. The van der Waals surface area contributed by atoms with Gasteiger partial charge in [0.25, 0.3) is 5.91 Å². The highest BCUT2D eigenvalue weighted by Crippen LogP contribution is 2.16. The summed E-state index contributed by atoms with van der Waals surface area (Å²) in [6, 6.07) is 21.3. The van der Waals surface area contributed by atoms with Gasteiger partial charge in [0.1, 0.15) is 12.4 Å². The summed E-state index contributed by atoms with van der Waals surface area (Å²) in [5, 5.41) is 7.54. The van der Waals surface area contributed by atoms with Crippen molar-refractivity contribution in [2.75, 3.05) is 11.9 Å². The minimum Gasteiger partial charge on any atom is -0.489 e. The van der Waals surface area contributed by atoms with E-state index in [4.69, 9.17) is 14.6 Å². The fourth-order valence-electron chi connectivity index (χ4n) is 2.66. The van der Waals surface area contributed by atoms with Gasteiger partial charge in [-0.05, 0) is 42.5 Å². The van der Waals surface area contributed by atoms with Crippen LogP contribution in [0.5, 0.6) is 5.75 Å². The lowest BCUT2D eigenvalue weighted by atomic mass is 10.1. The molecular formula is C22H20N2O6S. The maximum atomic E-state index is 12.5. The Balaban J connectivity index is 1.56. The molecule has 0 atom stereocenters. The zero-order chi connectivity index (χ0) is 22.3. The van der Waals surface area contributed by atoms with E-state index in [1.165, 1.54) is 24.3 Å². The summed E-state index contributed by atoms with van der Waals surface area (Å²) in [6.07, 6.45) is 0. The van der Waals surface area contributed by atoms with Crippen molar-refractivity contribution in [3.63, 3.8) is 0 Å². The number of esters is 1. The van der Waals surface area contributed by atoms with E-state index < -0.39 is 28.5 Å². The maximum absolute atomic E-state index is 12.5. The molecule has 0 aromatic heterocycles. The molecule has 0 aliphatic heterocycles. The molecule has 0 aliphatic rings. The van der Waals surface area contributed by atoms with E-state index in [0.717, 1.165) is 0 Å². The number of amides is 1. The van der Waals surface area contributed by atoms with E-state index in [9.17, 15) is 18.0 Å². The van der Waals surface area contributed by atoms with Crippen LogP contribution in [0.4, 0.5) is 5.69 Å². The SMILES string of the molecule is NS(=O)(=O)c1ccc(NC(=O)COC(=O)c2ccccc2COc2ccccc2)cc1. The Kier molecular flexibility index (Phi) is 7.01. The van der Waals surface area contributed by atoms with Crippen LogP contribution < -0.4 is 15.2 Å². The molecule has 0 radical (unpaired) electrons. The molecule has 3 N–H and O–H groups in total. The van der Waals surface area contributed by atoms with Gasteiger partial charge in [-0.25, -0.2) is 18.4 Å². The molecule has 0 spiro atoms. The first-order valence-electron chi connectivity index (χ1n) is 9.18. The van der Waals surface area contributed by atoms with E-state index in [0.29, 0.717) is 22.6 Å². The van der Waals surface area contributed by atoms with Crippen molar-refractivity contribution in [3.8, 4) is 5.75 Å². The molecular weight excluding hydrogens is 420 g/mol. The molecule has 0 saturated carbocycles. The Morgan fingerprint density at radius 2 is 1.52 bits per heavy atom. The highest BCUT2D eigenvalue weighted by molar-refractivity contribution is 7.89. The van der Waals surface area contributed by atoms with Gasteiger partial charge in [-0.3, -0.25) is 4.79 Å². The smallest absolute Gasteiger partial charge is 0.339 e. The second-order valence-corrected chi connectivity index (χ2v) is 8.01. The van der Waals surface area contributed by atoms with Gasteiger partial charge in [0.05, 0.1) is 10.5 Å². The van der Waals surface area contributed by atoms with Crippen molar-refractivity contribution in [2.45, 2.75) is 11.5 Å². The van der Waals surface area contributed by atoms with E-state index in [-0.39, 0.29) is 11.5 Å². The number of carbonyl (C=O) groups excluding carboxylic acids is 2. The monoisotopic (exact) mass is 440 g/mol. The van der Waals surface area contributed by atoms with Crippen LogP contribution in [-0.2, 0) is 26.2 Å². The first-order chi connectivity index (χ1) is 14.8. The molecule has 31 heavy (non-hydrogen) atoms. The fraction of sp³-hybridized carbons (Fsp3) is 0.0909. The Hall–Kier alpha value is -3.69. The highest BCUT2D eigenvalue weighted by Gasteiger charge is 2.15. The molecule has 9 heteroatoms. The zero-order valence-corrected chi connectivity index (χ0v) is 17.2. The molecule has 1 amide bonds. The summed E-state index contributed by atoms with van der Waals surface area (Å²) in [5.41, 5.74) is 1.25. The van der Waals surface area contributed by atoms with Gasteiger partial charge in [-0.1, -0.05) is 36.4 Å². The predicted molar refractivity (Wildman–Crippen MR) is 114 cm³/mol. The number of rotatable bonds is 8. The number of sulfonamides is 1. The van der Waals surface area contributed by atoms with Gasteiger partial charge in [0.15, 0.2) is 6.61 Å². The van der Waals surface area contributed by atoms with Crippen molar-refractivity contribution >= 4 is 27.6 Å². The lowest BCUT2D eigenvalue weighted by molar-refractivity contribution is -0.119. The number of hydrogen-bond acceptors (Lipinski definition) is 6. The first kappa shape index (κ1) is 22.0. The van der Waals surface area contributed by atoms with Gasteiger partial charge in [-0.15, -0.1) is 0 Å². The third-order valence-corrected chi connectivity index (χ3v) is 5.11. The van der Waals surface area contributed by atoms with Crippen molar-refractivity contribution in [1.29, 1.82) is 0 Å².